The molecule has 0 aliphatic carbocycles. The maximum absolute atomic E-state index is 5.46. The van der Waals surface area contributed by atoms with Crippen molar-refractivity contribution >= 4 is 41.3 Å². The quantitative estimate of drug-likeness (QED) is 0.354. The van der Waals surface area contributed by atoms with E-state index < -0.39 is 0 Å². The zero-order valence-electron chi connectivity index (χ0n) is 16.0. The number of aryl methyl sites for hydroxylation is 2. The number of halogens is 1. The van der Waals surface area contributed by atoms with Gasteiger partial charge in [0.15, 0.2) is 5.96 Å². The van der Waals surface area contributed by atoms with Crippen molar-refractivity contribution in [3.8, 4) is 5.75 Å². The van der Waals surface area contributed by atoms with E-state index in [0.29, 0.717) is 13.1 Å². The van der Waals surface area contributed by atoms with Crippen molar-refractivity contribution in [1.29, 1.82) is 0 Å². The number of methoxy groups -OCH3 is 1. The number of ether oxygens (including phenoxy) is 1. The van der Waals surface area contributed by atoms with Crippen LogP contribution in [0.15, 0.2) is 17.4 Å². The molecule has 144 valence electrons. The lowest BCUT2D eigenvalue weighted by atomic mass is 10.1. The molecular formula is C18H28IN5OS. The summed E-state index contributed by atoms with van der Waals surface area (Å²) in [6.07, 6.45) is 4.79. The van der Waals surface area contributed by atoms with Gasteiger partial charge in [-0.25, -0.2) is 9.98 Å². The van der Waals surface area contributed by atoms with E-state index in [2.05, 4.69) is 32.5 Å². The van der Waals surface area contributed by atoms with Crippen LogP contribution in [0.3, 0.4) is 0 Å². The monoisotopic (exact) mass is 489 g/mol. The third-order valence-corrected chi connectivity index (χ3v) is 4.98. The van der Waals surface area contributed by atoms with Crippen molar-refractivity contribution < 1.29 is 4.74 Å². The molecule has 2 rings (SSSR count). The smallest absolute Gasteiger partial charge is 0.191 e. The van der Waals surface area contributed by atoms with Crippen molar-refractivity contribution in [3.05, 3.63) is 39.1 Å². The largest absolute Gasteiger partial charge is 0.496 e. The number of pyridine rings is 1. The Kier molecular flexibility index (Phi) is 9.85. The lowest BCUT2D eigenvalue weighted by molar-refractivity contribution is 0.407. The predicted molar refractivity (Wildman–Crippen MR) is 119 cm³/mol. The van der Waals surface area contributed by atoms with Gasteiger partial charge in [-0.1, -0.05) is 6.92 Å². The average Bonchev–Trinajstić information content (AvgIpc) is 3.07. The van der Waals surface area contributed by atoms with Crippen LogP contribution in [0, 0.1) is 13.8 Å². The number of hydrogen-bond acceptors (Lipinski definition) is 5. The molecule has 0 saturated heterocycles. The second kappa shape index (κ2) is 11.3. The Bertz CT molecular complexity index is 732. The van der Waals surface area contributed by atoms with Crippen molar-refractivity contribution in [2.24, 2.45) is 4.99 Å². The van der Waals surface area contributed by atoms with E-state index in [1.165, 1.54) is 4.88 Å². The van der Waals surface area contributed by atoms with Gasteiger partial charge in [-0.15, -0.1) is 35.3 Å². The van der Waals surface area contributed by atoms with Crippen LogP contribution in [0.1, 0.15) is 40.6 Å². The molecule has 0 spiro atoms. The number of nitrogens with zero attached hydrogens (tertiary/aromatic N) is 3. The van der Waals surface area contributed by atoms with Crippen LogP contribution in [-0.4, -0.2) is 29.6 Å². The first-order valence-electron chi connectivity index (χ1n) is 8.53. The van der Waals surface area contributed by atoms with Gasteiger partial charge in [-0.05, 0) is 27.2 Å². The highest BCUT2D eigenvalue weighted by molar-refractivity contribution is 14.0. The van der Waals surface area contributed by atoms with Crippen LogP contribution < -0.4 is 15.4 Å². The van der Waals surface area contributed by atoms with Gasteiger partial charge in [0.05, 0.1) is 25.9 Å². The molecule has 0 fully saturated rings. The Morgan fingerprint density at radius 1 is 1.19 bits per heavy atom. The van der Waals surface area contributed by atoms with Gasteiger partial charge in [-0.2, -0.15) is 0 Å². The summed E-state index contributed by atoms with van der Waals surface area (Å²) in [5.41, 5.74) is 2.99. The van der Waals surface area contributed by atoms with E-state index >= 15 is 0 Å². The van der Waals surface area contributed by atoms with Crippen LogP contribution in [0.25, 0.3) is 0 Å². The summed E-state index contributed by atoms with van der Waals surface area (Å²) in [6, 6.07) is 0. The molecule has 0 atom stereocenters. The number of aromatic nitrogens is 2. The summed E-state index contributed by atoms with van der Waals surface area (Å²) in [5, 5.41) is 7.66. The summed E-state index contributed by atoms with van der Waals surface area (Å²) >= 11 is 1.73. The number of aliphatic imine (C=N–C) groups is 1. The maximum atomic E-state index is 5.46. The number of rotatable bonds is 7. The third kappa shape index (κ3) is 6.08. The SMILES string of the molecule is CCNC(=NCc1ncc(C)c(OC)c1C)NCc1ncc(CC)s1.I. The molecule has 0 radical (unpaired) electrons. The van der Waals surface area contributed by atoms with Crippen LogP contribution >= 0.6 is 35.3 Å². The first kappa shape index (κ1) is 22.6. The van der Waals surface area contributed by atoms with E-state index in [1.807, 2.05) is 33.2 Å². The molecule has 8 heteroatoms. The summed E-state index contributed by atoms with van der Waals surface area (Å²) < 4.78 is 5.46. The van der Waals surface area contributed by atoms with Crippen LogP contribution in [0.5, 0.6) is 5.75 Å². The molecule has 0 aromatic carbocycles. The van der Waals surface area contributed by atoms with Crippen molar-refractivity contribution in [1.82, 2.24) is 20.6 Å². The molecule has 2 heterocycles. The summed E-state index contributed by atoms with van der Waals surface area (Å²) in [5.74, 6) is 1.64. The number of hydrogen-bond donors (Lipinski definition) is 2. The van der Waals surface area contributed by atoms with Crippen molar-refractivity contribution in [2.75, 3.05) is 13.7 Å². The van der Waals surface area contributed by atoms with Crippen molar-refractivity contribution in [2.45, 2.75) is 47.2 Å². The Labute approximate surface area is 176 Å². The molecule has 0 amide bonds. The van der Waals surface area contributed by atoms with Gasteiger partial charge in [-0.3, -0.25) is 4.98 Å². The van der Waals surface area contributed by atoms with Crippen LogP contribution in [0.2, 0.25) is 0 Å². The van der Waals surface area contributed by atoms with Gasteiger partial charge >= 0.3 is 0 Å². The number of nitrogens with one attached hydrogen (secondary N) is 2. The first-order chi connectivity index (χ1) is 12.1. The molecule has 26 heavy (non-hydrogen) atoms. The summed E-state index contributed by atoms with van der Waals surface area (Å²) in [7, 11) is 1.69. The molecule has 0 aliphatic rings. The summed E-state index contributed by atoms with van der Waals surface area (Å²) in [6.45, 7) is 10.2. The van der Waals surface area contributed by atoms with Gasteiger partial charge in [0.1, 0.15) is 10.8 Å². The molecule has 6 nitrogen and oxygen atoms in total. The first-order valence-corrected chi connectivity index (χ1v) is 9.35. The highest BCUT2D eigenvalue weighted by Gasteiger charge is 2.09. The predicted octanol–water partition coefficient (Wildman–Crippen LogP) is 3.60. The minimum absolute atomic E-state index is 0. The highest BCUT2D eigenvalue weighted by atomic mass is 127. The normalized spacial score (nSPS) is 11.0. The van der Waals surface area contributed by atoms with E-state index in [1.54, 1.807) is 18.4 Å². The van der Waals surface area contributed by atoms with Crippen LogP contribution in [0.4, 0.5) is 0 Å². The van der Waals surface area contributed by atoms with E-state index in [0.717, 1.165) is 46.5 Å². The zero-order valence-corrected chi connectivity index (χ0v) is 19.2. The van der Waals surface area contributed by atoms with E-state index in [9.17, 15) is 0 Å². The van der Waals surface area contributed by atoms with E-state index in [4.69, 9.17) is 4.74 Å². The fraction of sp³-hybridized carbons (Fsp3) is 0.500. The maximum Gasteiger partial charge on any atom is 0.191 e. The van der Waals surface area contributed by atoms with Gasteiger partial charge in [0.2, 0.25) is 0 Å². The second-order valence-electron chi connectivity index (χ2n) is 5.67. The van der Waals surface area contributed by atoms with Gasteiger partial charge in [0.25, 0.3) is 0 Å². The van der Waals surface area contributed by atoms with Crippen molar-refractivity contribution in [3.63, 3.8) is 0 Å². The fourth-order valence-electron chi connectivity index (χ4n) is 2.48. The second-order valence-corrected chi connectivity index (χ2v) is 6.87. The van der Waals surface area contributed by atoms with Crippen LogP contribution in [-0.2, 0) is 19.5 Å². The van der Waals surface area contributed by atoms with E-state index in [-0.39, 0.29) is 24.0 Å². The Balaban J connectivity index is 0.00000338. The Hall–Kier alpha value is -1.42. The molecule has 0 unspecified atom stereocenters. The lowest BCUT2D eigenvalue weighted by Crippen LogP contribution is -2.36. The zero-order chi connectivity index (χ0) is 18.2. The molecule has 0 aliphatic heterocycles. The molecular weight excluding hydrogens is 461 g/mol. The standard InChI is InChI=1S/C18H27N5OS.HI/c1-6-14-9-21-16(25-14)11-23-18(19-7-2)22-10-15-13(4)17(24-5)12(3)8-20-15;/h8-9H,6-7,10-11H2,1-5H3,(H2,19,22,23);1H. The van der Waals surface area contributed by atoms with Gasteiger partial charge < -0.3 is 15.4 Å². The molecule has 0 saturated carbocycles. The Morgan fingerprint density at radius 3 is 2.58 bits per heavy atom. The highest BCUT2D eigenvalue weighted by Crippen LogP contribution is 2.24. The number of thiazole rings is 1. The third-order valence-electron chi connectivity index (χ3n) is 3.84. The van der Waals surface area contributed by atoms with Gasteiger partial charge in [0, 0.05) is 34.9 Å². The summed E-state index contributed by atoms with van der Waals surface area (Å²) in [4.78, 5) is 14.9. The Morgan fingerprint density at radius 2 is 1.96 bits per heavy atom. The molecule has 0 bridgehead atoms. The lowest BCUT2D eigenvalue weighted by Gasteiger charge is -2.13. The topological polar surface area (TPSA) is 71.4 Å². The minimum atomic E-state index is 0. The molecule has 2 aromatic heterocycles. The molecule has 2 N–H and O–H groups in total. The molecule has 2 aromatic rings. The number of guanidine groups is 1. The fourth-order valence-corrected chi connectivity index (χ4v) is 3.28. The average molecular weight is 489 g/mol. The minimum Gasteiger partial charge on any atom is -0.496 e.